The van der Waals surface area contributed by atoms with E-state index in [1.54, 1.807) is 18.3 Å². The summed E-state index contributed by atoms with van der Waals surface area (Å²) in [6.07, 6.45) is 2.12. The largest absolute Gasteiger partial charge is 0.482 e. The molecule has 0 aliphatic heterocycles. The van der Waals surface area contributed by atoms with Crippen LogP contribution in [0.3, 0.4) is 0 Å². The summed E-state index contributed by atoms with van der Waals surface area (Å²) in [5, 5.41) is 11.0. The van der Waals surface area contributed by atoms with E-state index in [1.807, 2.05) is 0 Å². The molecule has 0 radical (unpaired) electrons. The molecule has 0 fully saturated rings. The van der Waals surface area contributed by atoms with E-state index in [9.17, 15) is 14.9 Å². The molecule has 1 aromatic heterocycles. The normalized spacial score (nSPS) is 9.95. The van der Waals surface area contributed by atoms with Gasteiger partial charge in [0.2, 0.25) is 5.88 Å². The molecule has 21 heavy (non-hydrogen) atoms. The van der Waals surface area contributed by atoms with Gasteiger partial charge in [-0.15, -0.1) is 0 Å². The number of aldehydes is 1. The highest BCUT2D eigenvalue weighted by Crippen LogP contribution is 2.29. The summed E-state index contributed by atoms with van der Waals surface area (Å²) in [6, 6.07) is 7.48. The molecule has 1 heterocycles. The third-order valence-electron chi connectivity index (χ3n) is 2.74. The van der Waals surface area contributed by atoms with E-state index in [0.717, 1.165) is 0 Å². The highest BCUT2D eigenvalue weighted by atomic mass is 16.6. The summed E-state index contributed by atoms with van der Waals surface area (Å²) in [4.78, 5) is 25.1. The molecule has 0 spiro atoms. The van der Waals surface area contributed by atoms with Crippen LogP contribution in [0.15, 0.2) is 36.5 Å². The zero-order chi connectivity index (χ0) is 15.2. The highest BCUT2D eigenvalue weighted by Gasteiger charge is 2.16. The van der Waals surface area contributed by atoms with Crippen molar-refractivity contribution in [3.8, 4) is 11.6 Å². The van der Waals surface area contributed by atoms with E-state index in [-0.39, 0.29) is 23.6 Å². The first-order valence-electron chi connectivity index (χ1n) is 6.00. The predicted octanol–water partition coefficient (Wildman–Crippen LogP) is 2.39. The number of nitro groups is 1. The maximum atomic E-state index is 11.0. The topological polar surface area (TPSA) is 91.6 Å². The van der Waals surface area contributed by atoms with E-state index >= 15 is 0 Å². The zero-order valence-electron chi connectivity index (χ0n) is 11.2. The van der Waals surface area contributed by atoms with Crippen LogP contribution in [0.4, 0.5) is 5.69 Å². The number of aromatic nitrogens is 1. The van der Waals surface area contributed by atoms with Crippen molar-refractivity contribution in [2.24, 2.45) is 0 Å². The number of pyridine rings is 1. The smallest absolute Gasteiger partial charge is 0.311 e. The Labute approximate surface area is 120 Å². The minimum absolute atomic E-state index is 0.0677. The van der Waals surface area contributed by atoms with E-state index in [4.69, 9.17) is 9.47 Å². The fourth-order valence-electron chi connectivity index (χ4n) is 1.75. The molecule has 0 aliphatic carbocycles. The molecule has 0 saturated carbocycles. The maximum Gasteiger partial charge on any atom is 0.311 e. The number of methoxy groups -OCH3 is 1. The second-order valence-electron chi connectivity index (χ2n) is 4.06. The van der Waals surface area contributed by atoms with Crippen LogP contribution in [0.1, 0.15) is 15.9 Å². The average Bonchev–Trinajstić information content (AvgIpc) is 2.52. The number of carbonyl (C=O) groups excluding carboxylic acids is 1. The first kappa shape index (κ1) is 14.4. The molecular formula is C14H12N2O5. The van der Waals surface area contributed by atoms with Crippen molar-refractivity contribution in [1.29, 1.82) is 0 Å². The van der Waals surface area contributed by atoms with E-state index in [1.165, 1.54) is 25.3 Å². The summed E-state index contributed by atoms with van der Waals surface area (Å²) in [7, 11) is 1.48. The lowest BCUT2D eigenvalue weighted by molar-refractivity contribution is -0.386. The van der Waals surface area contributed by atoms with Crippen LogP contribution in [0.5, 0.6) is 11.6 Å². The van der Waals surface area contributed by atoms with Crippen LogP contribution in [0.2, 0.25) is 0 Å². The average molecular weight is 288 g/mol. The molecule has 0 saturated heterocycles. The lowest BCUT2D eigenvalue weighted by Gasteiger charge is -2.09. The van der Waals surface area contributed by atoms with Crippen molar-refractivity contribution in [2.75, 3.05) is 7.11 Å². The summed E-state index contributed by atoms with van der Waals surface area (Å²) in [5.41, 5.74) is 0.615. The van der Waals surface area contributed by atoms with Crippen molar-refractivity contribution >= 4 is 12.0 Å². The van der Waals surface area contributed by atoms with Crippen LogP contribution in [-0.2, 0) is 6.61 Å². The van der Waals surface area contributed by atoms with Gasteiger partial charge < -0.3 is 9.47 Å². The van der Waals surface area contributed by atoms with E-state index in [2.05, 4.69) is 4.98 Å². The molecule has 0 bridgehead atoms. The molecular weight excluding hydrogens is 276 g/mol. The zero-order valence-corrected chi connectivity index (χ0v) is 11.2. The van der Waals surface area contributed by atoms with Gasteiger partial charge >= 0.3 is 5.69 Å². The second kappa shape index (κ2) is 6.47. The number of nitro benzene ring substituents is 1. The van der Waals surface area contributed by atoms with Crippen molar-refractivity contribution in [3.05, 3.63) is 57.8 Å². The van der Waals surface area contributed by atoms with Gasteiger partial charge in [0, 0.05) is 17.8 Å². The molecule has 7 nitrogen and oxygen atoms in total. The van der Waals surface area contributed by atoms with Crippen LogP contribution in [0, 0.1) is 10.1 Å². The fraction of sp³-hybridized carbons (Fsp3) is 0.143. The summed E-state index contributed by atoms with van der Waals surface area (Å²) in [6.45, 7) is 0.0677. The van der Waals surface area contributed by atoms with Gasteiger partial charge in [-0.25, -0.2) is 4.98 Å². The molecule has 0 amide bonds. The Hall–Kier alpha value is -2.96. The lowest BCUT2D eigenvalue weighted by atomic mass is 10.2. The molecule has 2 rings (SSSR count). The maximum absolute atomic E-state index is 11.0. The monoisotopic (exact) mass is 288 g/mol. The lowest BCUT2D eigenvalue weighted by Crippen LogP contribution is -2.02. The predicted molar refractivity (Wildman–Crippen MR) is 73.6 cm³/mol. The minimum Gasteiger partial charge on any atom is -0.482 e. The van der Waals surface area contributed by atoms with E-state index < -0.39 is 4.92 Å². The number of nitrogens with zero attached hydrogens (tertiary/aromatic N) is 2. The minimum atomic E-state index is -0.594. The Morgan fingerprint density at radius 1 is 1.38 bits per heavy atom. The molecule has 1 aromatic carbocycles. The van der Waals surface area contributed by atoms with Gasteiger partial charge in [0.15, 0.2) is 5.75 Å². The Morgan fingerprint density at radius 3 is 2.86 bits per heavy atom. The van der Waals surface area contributed by atoms with Gasteiger partial charge in [0.25, 0.3) is 0 Å². The van der Waals surface area contributed by atoms with Gasteiger partial charge in [-0.2, -0.15) is 0 Å². The Balaban J connectivity index is 2.23. The van der Waals surface area contributed by atoms with Crippen molar-refractivity contribution in [3.63, 3.8) is 0 Å². The molecule has 2 aromatic rings. The molecule has 0 atom stereocenters. The van der Waals surface area contributed by atoms with Gasteiger partial charge in [-0.05, 0) is 24.3 Å². The first-order valence-corrected chi connectivity index (χ1v) is 6.00. The van der Waals surface area contributed by atoms with E-state index in [0.29, 0.717) is 17.7 Å². The molecule has 108 valence electrons. The van der Waals surface area contributed by atoms with Crippen molar-refractivity contribution < 1.29 is 19.2 Å². The Kier molecular flexibility index (Phi) is 4.45. The van der Waals surface area contributed by atoms with Gasteiger partial charge in [-0.3, -0.25) is 14.9 Å². The Morgan fingerprint density at radius 2 is 2.19 bits per heavy atom. The summed E-state index contributed by atoms with van der Waals surface area (Å²) >= 11 is 0. The Bertz CT molecular complexity index is 672. The fourth-order valence-corrected chi connectivity index (χ4v) is 1.75. The first-order chi connectivity index (χ1) is 10.2. The standard InChI is InChI=1S/C14H12N2O5/c1-20-14-11(3-2-6-15-14)9-21-13-5-4-10(8-17)7-12(13)16(18)19/h2-8H,9H2,1H3. The summed E-state index contributed by atoms with van der Waals surface area (Å²) in [5.74, 6) is 0.473. The third kappa shape index (κ3) is 3.33. The number of benzene rings is 1. The molecule has 0 N–H and O–H groups in total. The van der Waals surface area contributed by atoms with Crippen LogP contribution >= 0.6 is 0 Å². The van der Waals surface area contributed by atoms with Crippen LogP contribution in [-0.4, -0.2) is 23.3 Å². The molecule has 0 aliphatic rings. The van der Waals surface area contributed by atoms with Gasteiger partial charge in [0.05, 0.1) is 17.6 Å². The van der Waals surface area contributed by atoms with Gasteiger partial charge in [-0.1, -0.05) is 0 Å². The van der Waals surface area contributed by atoms with Crippen LogP contribution < -0.4 is 9.47 Å². The number of rotatable bonds is 6. The third-order valence-corrected chi connectivity index (χ3v) is 2.74. The van der Waals surface area contributed by atoms with Crippen molar-refractivity contribution in [2.45, 2.75) is 6.61 Å². The highest BCUT2D eigenvalue weighted by molar-refractivity contribution is 5.77. The quantitative estimate of drug-likeness (QED) is 0.460. The number of hydrogen-bond donors (Lipinski definition) is 0. The summed E-state index contributed by atoms with van der Waals surface area (Å²) < 4.78 is 10.5. The SMILES string of the molecule is COc1ncccc1COc1ccc(C=O)cc1[N+](=O)[O-]. The molecule has 0 unspecified atom stereocenters. The molecule has 7 heteroatoms. The number of ether oxygens (including phenoxy) is 2. The number of carbonyl (C=O) groups is 1. The van der Waals surface area contributed by atoms with Crippen molar-refractivity contribution in [1.82, 2.24) is 4.98 Å². The second-order valence-corrected chi connectivity index (χ2v) is 4.06. The van der Waals surface area contributed by atoms with Crippen LogP contribution in [0.25, 0.3) is 0 Å². The number of hydrogen-bond acceptors (Lipinski definition) is 6. The van der Waals surface area contributed by atoms with Gasteiger partial charge in [0.1, 0.15) is 12.9 Å².